The summed E-state index contributed by atoms with van der Waals surface area (Å²) in [5, 5.41) is 3.31. The molecule has 2 aromatic rings. The molecule has 0 saturated carbocycles. The molecule has 0 unspecified atom stereocenters. The highest BCUT2D eigenvalue weighted by Gasteiger charge is 2.42. The third-order valence-electron chi connectivity index (χ3n) is 3.86. The van der Waals surface area contributed by atoms with E-state index in [1.54, 1.807) is 21.7 Å². The Kier molecular flexibility index (Phi) is 2.54. The summed E-state index contributed by atoms with van der Waals surface area (Å²) in [5.74, 6) is 0. The highest BCUT2D eigenvalue weighted by Crippen LogP contribution is 2.24. The molecule has 0 nitrogen and oxygen atoms in total. The van der Waals surface area contributed by atoms with E-state index in [9.17, 15) is 0 Å². The van der Waals surface area contributed by atoms with Crippen molar-refractivity contribution in [1.82, 2.24) is 0 Å². The Bertz CT molecular complexity index is 419. The van der Waals surface area contributed by atoms with Crippen LogP contribution in [0.15, 0.2) is 60.7 Å². The molecular weight excluding hydrogens is 224 g/mol. The van der Waals surface area contributed by atoms with Crippen LogP contribution in [0.4, 0.5) is 0 Å². The molecule has 0 aliphatic carbocycles. The van der Waals surface area contributed by atoms with Gasteiger partial charge in [-0.05, 0) is 0 Å². The Balaban J connectivity index is 2.08. The van der Waals surface area contributed by atoms with Crippen molar-refractivity contribution in [2.24, 2.45) is 0 Å². The van der Waals surface area contributed by atoms with Crippen molar-refractivity contribution in [2.45, 2.75) is 11.3 Å². The summed E-state index contributed by atoms with van der Waals surface area (Å²) in [6.07, 6.45) is 0. The molecular formula is C14H16Si2. The molecule has 1 fully saturated rings. The van der Waals surface area contributed by atoms with Crippen molar-refractivity contribution >= 4 is 28.0 Å². The van der Waals surface area contributed by atoms with Crippen LogP contribution in [0.25, 0.3) is 0 Å². The van der Waals surface area contributed by atoms with E-state index in [1.165, 1.54) is 0 Å². The summed E-state index contributed by atoms with van der Waals surface area (Å²) >= 11 is 0. The summed E-state index contributed by atoms with van der Waals surface area (Å²) in [5.41, 5.74) is 3.14. The molecule has 1 aliphatic heterocycles. The van der Waals surface area contributed by atoms with Gasteiger partial charge in [0.1, 0.15) is 8.07 Å². The summed E-state index contributed by atoms with van der Waals surface area (Å²) in [7, 11) is -0.958. The minimum atomic E-state index is -1.23. The molecule has 0 bridgehead atoms. The quantitative estimate of drug-likeness (QED) is 0.695. The maximum Gasteiger partial charge on any atom is 0.112 e. The summed E-state index contributed by atoms with van der Waals surface area (Å²) in [4.78, 5) is 0. The maximum atomic E-state index is 2.35. The first kappa shape index (κ1) is 10.1. The van der Waals surface area contributed by atoms with Gasteiger partial charge in [-0.2, -0.15) is 0 Å². The zero-order valence-corrected chi connectivity index (χ0v) is 11.8. The van der Waals surface area contributed by atoms with E-state index in [0.717, 1.165) is 0 Å². The Morgan fingerprint density at radius 1 is 0.688 bits per heavy atom. The van der Waals surface area contributed by atoms with Gasteiger partial charge >= 0.3 is 0 Å². The first-order valence-corrected chi connectivity index (χ1v) is 10.4. The van der Waals surface area contributed by atoms with Gasteiger partial charge in [0.05, 0.1) is 0 Å². The van der Waals surface area contributed by atoms with Crippen molar-refractivity contribution in [2.75, 3.05) is 0 Å². The van der Waals surface area contributed by atoms with E-state index in [-0.39, 0.29) is 9.52 Å². The van der Waals surface area contributed by atoms with Gasteiger partial charge in [-0.15, -0.1) is 0 Å². The molecule has 1 heterocycles. The number of hydrogen-bond acceptors (Lipinski definition) is 0. The normalized spacial score (nSPS) is 17.8. The SMILES string of the molecule is c1ccc([Si]2(c3ccccc3)C[SiH2]C2)cc1. The first-order valence-electron chi connectivity index (χ1n) is 6.03. The molecule has 16 heavy (non-hydrogen) atoms. The van der Waals surface area contributed by atoms with Crippen molar-refractivity contribution in [3.8, 4) is 0 Å². The van der Waals surface area contributed by atoms with Gasteiger partial charge in [0.15, 0.2) is 0 Å². The van der Waals surface area contributed by atoms with Crippen molar-refractivity contribution in [3.05, 3.63) is 60.7 Å². The van der Waals surface area contributed by atoms with Crippen LogP contribution in [-0.4, -0.2) is 17.6 Å². The molecule has 80 valence electrons. The Hall–Kier alpha value is -1.13. The van der Waals surface area contributed by atoms with E-state index < -0.39 is 8.07 Å². The van der Waals surface area contributed by atoms with E-state index in [2.05, 4.69) is 60.7 Å². The monoisotopic (exact) mass is 240 g/mol. The van der Waals surface area contributed by atoms with Crippen LogP contribution in [-0.2, 0) is 0 Å². The van der Waals surface area contributed by atoms with Gasteiger partial charge in [0.25, 0.3) is 0 Å². The predicted molar refractivity (Wildman–Crippen MR) is 76.1 cm³/mol. The fourth-order valence-corrected chi connectivity index (χ4v) is 13.6. The smallest absolute Gasteiger partial charge is 0.0626 e. The zero-order chi connectivity index (χ0) is 10.8. The molecule has 2 aromatic carbocycles. The van der Waals surface area contributed by atoms with E-state index in [4.69, 9.17) is 0 Å². The molecule has 0 atom stereocenters. The fraction of sp³-hybridized carbons (Fsp3) is 0.143. The summed E-state index contributed by atoms with van der Waals surface area (Å²) in [6.45, 7) is 0. The summed E-state index contributed by atoms with van der Waals surface area (Å²) < 4.78 is 0. The van der Waals surface area contributed by atoms with Crippen LogP contribution in [0.1, 0.15) is 0 Å². The first-order chi connectivity index (χ1) is 7.92. The molecule has 2 heteroatoms. The van der Waals surface area contributed by atoms with Crippen molar-refractivity contribution < 1.29 is 0 Å². The van der Waals surface area contributed by atoms with Crippen LogP contribution in [0.3, 0.4) is 0 Å². The van der Waals surface area contributed by atoms with Crippen molar-refractivity contribution in [1.29, 1.82) is 0 Å². The molecule has 1 aliphatic rings. The average Bonchev–Trinajstić information content (AvgIpc) is 2.31. The van der Waals surface area contributed by atoms with E-state index >= 15 is 0 Å². The lowest BCUT2D eigenvalue weighted by atomic mass is 10.4. The lowest BCUT2D eigenvalue weighted by molar-refractivity contribution is 1.52. The third-order valence-corrected chi connectivity index (χ3v) is 16.4. The molecule has 0 aromatic heterocycles. The highest BCUT2D eigenvalue weighted by molar-refractivity contribution is 7.15. The largest absolute Gasteiger partial charge is 0.112 e. The second kappa shape index (κ2) is 4.03. The Labute approximate surface area is 100 Å². The van der Waals surface area contributed by atoms with Gasteiger partial charge in [0, 0.05) is 9.52 Å². The molecule has 0 spiro atoms. The van der Waals surface area contributed by atoms with Gasteiger partial charge in [-0.3, -0.25) is 0 Å². The Morgan fingerprint density at radius 3 is 1.44 bits per heavy atom. The minimum Gasteiger partial charge on any atom is -0.0626 e. The van der Waals surface area contributed by atoms with Crippen LogP contribution in [0, 0.1) is 0 Å². The predicted octanol–water partition coefficient (Wildman–Crippen LogP) is 1.35. The maximum absolute atomic E-state index is 2.35. The molecule has 0 amide bonds. The number of benzene rings is 2. The average molecular weight is 240 g/mol. The second-order valence-corrected chi connectivity index (χ2v) is 12.7. The second-order valence-electron chi connectivity index (χ2n) is 4.67. The van der Waals surface area contributed by atoms with Crippen LogP contribution in [0.2, 0.25) is 11.3 Å². The number of hydrogen-bond donors (Lipinski definition) is 0. The molecule has 3 rings (SSSR count). The van der Waals surface area contributed by atoms with Gasteiger partial charge in [0.2, 0.25) is 0 Å². The van der Waals surface area contributed by atoms with E-state index in [0.29, 0.717) is 0 Å². The molecule has 0 radical (unpaired) electrons. The topological polar surface area (TPSA) is 0 Å². The van der Waals surface area contributed by atoms with Gasteiger partial charge < -0.3 is 0 Å². The van der Waals surface area contributed by atoms with Crippen LogP contribution >= 0.6 is 0 Å². The third kappa shape index (κ3) is 1.49. The Morgan fingerprint density at radius 2 is 1.12 bits per heavy atom. The fourth-order valence-electron chi connectivity index (χ4n) is 2.79. The van der Waals surface area contributed by atoms with Gasteiger partial charge in [-0.25, -0.2) is 0 Å². The minimum absolute atomic E-state index is 0.275. The highest BCUT2D eigenvalue weighted by atomic mass is 28.4. The van der Waals surface area contributed by atoms with E-state index in [1.807, 2.05) is 0 Å². The lowest BCUT2D eigenvalue weighted by Gasteiger charge is -2.40. The number of rotatable bonds is 2. The van der Waals surface area contributed by atoms with Gasteiger partial charge in [-0.1, -0.05) is 82.4 Å². The standard InChI is InChI=1S/C14H16Si2/c1-3-7-13(8-4-1)16(11-15-12-16)14-9-5-2-6-10-14/h1-10H,11-12,15H2. The zero-order valence-electron chi connectivity index (χ0n) is 9.39. The summed E-state index contributed by atoms with van der Waals surface area (Å²) in [6, 6.07) is 22.5. The molecule has 0 N–H and O–H groups in total. The molecule has 1 saturated heterocycles. The lowest BCUT2D eigenvalue weighted by Crippen LogP contribution is -2.65. The van der Waals surface area contributed by atoms with Crippen molar-refractivity contribution in [3.63, 3.8) is 0 Å². The van der Waals surface area contributed by atoms with Crippen LogP contribution < -0.4 is 10.4 Å². The van der Waals surface area contributed by atoms with Crippen LogP contribution in [0.5, 0.6) is 0 Å².